The van der Waals surface area contributed by atoms with E-state index in [2.05, 4.69) is 10.6 Å². The minimum absolute atomic E-state index is 0.00241. The van der Waals surface area contributed by atoms with Crippen molar-refractivity contribution in [1.82, 2.24) is 9.80 Å². The molecule has 2 saturated heterocycles. The lowest BCUT2D eigenvalue weighted by Crippen LogP contribution is -2.46. The van der Waals surface area contributed by atoms with E-state index in [-0.39, 0.29) is 94.0 Å². The maximum absolute atomic E-state index is 13.8. The van der Waals surface area contributed by atoms with Crippen molar-refractivity contribution in [3.05, 3.63) is 109 Å². The predicted molar refractivity (Wildman–Crippen MR) is 282 cm³/mol. The maximum Gasteiger partial charge on any atom is 0.247 e. The predicted octanol–water partition coefficient (Wildman–Crippen LogP) is 8.09. The fourth-order valence-corrected chi connectivity index (χ4v) is 10.8. The van der Waals surface area contributed by atoms with Crippen LogP contribution in [0.5, 0.6) is 23.0 Å². The van der Waals surface area contributed by atoms with Crippen LogP contribution >= 0.6 is 23.5 Å². The third-order valence-electron chi connectivity index (χ3n) is 13.1. The topological polar surface area (TPSA) is 176 Å². The molecule has 18 heteroatoms. The first-order chi connectivity index (χ1) is 34.6. The van der Waals surface area contributed by atoms with Crippen LogP contribution in [0.1, 0.15) is 26.7 Å². The Hall–Kier alpha value is -7.12. The molecule has 0 bridgehead atoms. The van der Waals surface area contributed by atoms with E-state index in [4.69, 9.17) is 18.9 Å². The van der Waals surface area contributed by atoms with E-state index in [1.54, 1.807) is 27.9 Å². The average molecular weight is 1010 g/mol. The SMILES string of the molecule is COc1cc(N2C(=O)CC(Sc3ccc4ccccc4c3)C2=O)c(OC)cc1NC(=O)[C@H](C)N(C)CCN(C)[C@@H](C)C(=O)Nc1cc(OC)c(N2C(=O)CC(Sc3ccc4ccccc4c3)C2=O)cc1OC. The first-order valence-corrected chi connectivity index (χ1v) is 25.0. The van der Waals surface area contributed by atoms with E-state index in [1.165, 1.54) is 76.2 Å². The summed E-state index contributed by atoms with van der Waals surface area (Å²) in [6.45, 7) is 4.27. The van der Waals surface area contributed by atoms with E-state index in [1.807, 2.05) is 94.7 Å². The Balaban J connectivity index is 0.864. The molecular weight excluding hydrogens is 957 g/mol. The lowest BCUT2D eigenvalue weighted by atomic mass is 10.1. The number of fused-ring (bicyclic) bond motifs is 2. The van der Waals surface area contributed by atoms with Gasteiger partial charge in [-0.1, -0.05) is 60.7 Å². The molecule has 2 aliphatic heterocycles. The summed E-state index contributed by atoms with van der Waals surface area (Å²) in [5, 5.41) is 8.77. The number of carbonyl (C=O) groups excluding carboxylic acids is 6. The normalized spacial score (nSPS) is 16.8. The number of hydrogen-bond donors (Lipinski definition) is 2. The molecule has 374 valence electrons. The van der Waals surface area contributed by atoms with E-state index < -0.39 is 22.6 Å². The molecule has 0 saturated carbocycles. The number of methoxy groups -OCH3 is 4. The molecule has 0 spiro atoms. The van der Waals surface area contributed by atoms with Gasteiger partial charge in [0, 0.05) is 60.0 Å². The summed E-state index contributed by atoms with van der Waals surface area (Å²) in [6, 6.07) is 32.5. The monoisotopic (exact) mass is 1010 g/mol. The molecule has 0 aromatic heterocycles. The fourth-order valence-electron chi connectivity index (χ4n) is 8.59. The second-order valence-corrected chi connectivity index (χ2v) is 20.1. The van der Waals surface area contributed by atoms with Gasteiger partial charge in [-0.2, -0.15) is 0 Å². The molecule has 8 rings (SSSR count). The lowest BCUT2D eigenvalue weighted by Gasteiger charge is -2.29. The van der Waals surface area contributed by atoms with Gasteiger partial charge in [-0.25, -0.2) is 9.80 Å². The summed E-state index contributed by atoms with van der Waals surface area (Å²) in [6.07, 6.45) is 0.00482. The van der Waals surface area contributed by atoms with Gasteiger partial charge in [-0.15, -0.1) is 23.5 Å². The van der Waals surface area contributed by atoms with Gasteiger partial charge in [-0.05, 0) is 73.8 Å². The number of rotatable bonds is 19. The quantitative estimate of drug-likeness (QED) is 0.0745. The molecule has 6 amide bonds. The van der Waals surface area contributed by atoms with Crippen molar-refractivity contribution in [1.29, 1.82) is 0 Å². The zero-order chi connectivity index (χ0) is 51.4. The molecule has 2 aliphatic rings. The Labute approximate surface area is 426 Å². The van der Waals surface area contributed by atoms with Crippen molar-refractivity contribution in [3.8, 4) is 23.0 Å². The second kappa shape index (κ2) is 22.1. The van der Waals surface area contributed by atoms with Crippen LogP contribution in [-0.4, -0.2) is 123 Å². The summed E-state index contributed by atoms with van der Waals surface area (Å²) in [5.74, 6) is -1.40. The van der Waals surface area contributed by atoms with Gasteiger partial charge in [0.25, 0.3) is 0 Å². The molecule has 2 heterocycles. The van der Waals surface area contributed by atoms with Crippen LogP contribution in [0.25, 0.3) is 21.5 Å². The summed E-state index contributed by atoms with van der Waals surface area (Å²) in [4.78, 5) is 89.6. The molecule has 16 nitrogen and oxygen atoms in total. The highest BCUT2D eigenvalue weighted by molar-refractivity contribution is 8.01. The second-order valence-electron chi connectivity index (χ2n) is 17.5. The number of nitrogens with one attached hydrogen (secondary N) is 2. The summed E-state index contributed by atoms with van der Waals surface area (Å²) < 4.78 is 22.7. The first kappa shape index (κ1) is 51.2. The lowest BCUT2D eigenvalue weighted by molar-refractivity contribution is -0.122. The van der Waals surface area contributed by atoms with Gasteiger partial charge in [0.05, 0.1) is 73.8 Å². The van der Waals surface area contributed by atoms with Crippen molar-refractivity contribution in [3.63, 3.8) is 0 Å². The number of anilines is 4. The zero-order valence-corrected chi connectivity index (χ0v) is 42.9. The fraction of sp³-hybridized carbons (Fsp3) is 0.296. The van der Waals surface area contributed by atoms with Gasteiger partial charge in [0.15, 0.2) is 0 Å². The molecule has 0 aliphatic carbocycles. The minimum atomic E-state index is -0.648. The van der Waals surface area contributed by atoms with E-state index in [0.717, 1.165) is 41.1 Å². The van der Waals surface area contributed by atoms with Gasteiger partial charge in [0.1, 0.15) is 23.0 Å². The van der Waals surface area contributed by atoms with Crippen molar-refractivity contribution >= 4 is 103 Å². The van der Waals surface area contributed by atoms with Gasteiger partial charge in [-0.3, -0.25) is 38.6 Å². The summed E-state index contributed by atoms with van der Waals surface area (Å²) in [7, 11) is 9.28. The van der Waals surface area contributed by atoms with Crippen LogP contribution < -0.4 is 39.4 Å². The van der Waals surface area contributed by atoms with Gasteiger partial charge in [0.2, 0.25) is 35.4 Å². The molecule has 6 aromatic rings. The molecule has 72 heavy (non-hydrogen) atoms. The molecular formula is C54H56N6O10S2. The zero-order valence-electron chi connectivity index (χ0n) is 41.2. The number of thioether (sulfide) groups is 2. The Morgan fingerprint density at radius 1 is 0.542 bits per heavy atom. The number of imide groups is 2. The number of nitrogens with zero attached hydrogens (tertiary/aromatic N) is 4. The Morgan fingerprint density at radius 2 is 0.903 bits per heavy atom. The maximum atomic E-state index is 13.8. The van der Waals surface area contributed by atoms with Crippen molar-refractivity contribution in [2.75, 3.05) is 76.1 Å². The summed E-state index contributed by atoms with van der Waals surface area (Å²) >= 11 is 2.67. The molecule has 2 fully saturated rings. The largest absolute Gasteiger partial charge is 0.494 e. The van der Waals surface area contributed by atoms with Gasteiger partial charge >= 0.3 is 0 Å². The van der Waals surface area contributed by atoms with Crippen LogP contribution in [0.15, 0.2) is 119 Å². The highest BCUT2D eigenvalue weighted by atomic mass is 32.2. The highest BCUT2D eigenvalue weighted by Gasteiger charge is 2.43. The van der Waals surface area contributed by atoms with Gasteiger partial charge < -0.3 is 29.6 Å². The number of likely N-dealkylation sites (N-methyl/N-ethyl adjacent to an activating group) is 2. The van der Waals surface area contributed by atoms with E-state index in [9.17, 15) is 28.8 Å². The number of carbonyl (C=O) groups is 6. The average Bonchev–Trinajstić information content (AvgIpc) is 3.83. The highest BCUT2D eigenvalue weighted by Crippen LogP contribution is 2.45. The van der Waals surface area contributed by atoms with Crippen LogP contribution in [0, 0.1) is 0 Å². The van der Waals surface area contributed by atoms with Crippen LogP contribution in [0.2, 0.25) is 0 Å². The Morgan fingerprint density at radius 3 is 1.26 bits per heavy atom. The summed E-state index contributed by atoms with van der Waals surface area (Å²) in [5.41, 5.74) is 0.985. The van der Waals surface area contributed by atoms with Crippen molar-refractivity contribution in [2.24, 2.45) is 0 Å². The molecule has 2 unspecified atom stereocenters. The minimum Gasteiger partial charge on any atom is -0.494 e. The smallest absolute Gasteiger partial charge is 0.247 e. The number of benzene rings is 6. The van der Waals surface area contributed by atoms with Crippen molar-refractivity contribution in [2.45, 2.75) is 59.1 Å². The molecule has 2 N–H and O–H groups in total. The Bertz CT molecular complexity index is 2890. The molecule has 4 atom stereocenters. The number of ether oxygens (including phenoxy) is 4. The Kier molecular flexibility index (Phi) is 15.7. The standard InChI is InChI=1S/C54H56N6O10S2/c1-31(51(63)55-39-25-45(69-7)41(27-43(39)67-5)59-49(61)29-47(53(59)65)71-37-19-17-33-13-9-11-15-35(33)23-37)57(3)21-22-58(4)32(2)52(64)56-40-26-46(70-8)42(28-44(40)68-6)60-50(62)30-48(54(60)66)72-38-20-18-34-14-10-12-16-36(34)24-38/h9-20,23-28,31-32,47-48H,21-22,29-30H2,1-8H3,(H,55,63)(H,56,64)/t31-,32-,47?,48?/m0/s1. The number of hydrogen-bond acceptors (Lipinski definition) is 14. The molecule has 6 aromatic carbocycles. The number of amides is 6. The third-order valence-corrected chi connectivity index (χ3v) is 15.5. The molecule has 0 radical (unpaired) electrons. The van der Waals surface area contributed by atoms with Crippen molar-refractivity contribution < 1.29 is 47.7 Å². The van der Waals surface area contributed by atoms with E-state index >= 15 is 0 Å². The van der Waals surface area contributed by atoms with Crippen LogP contribution in [0.4, 0.5) is 22.7 Å². The van der Waals surface area contributed by atoms with Crippen LogP contribution in [0.3, 0.4) is 0 Å². The van der Waals surface area contributed by atoms with E-state index in [0.29, 0.717) is 13.1 Å². The first-order valence-electron chi connectivity index (χ1n) is 23.2. The van der Waals surface area contributed by atoms with Crippen LogP contribution in [-0.2, 0) is 28.8 Å². The third kappa shape index (κ3) is 10.7.